The minimum Gasteiger partial charge on any atom is -0.390 e. The van der Waals surface area contributed by atoms with Crippen LogP contribution in [0.25, 0.3) is 11.3 Å². The third kappa shape index (κ3) is 4.79. The SMILES string of the molecule is C#Cc1cc([C@H]2C[C@H](O)[C@@H](COS(N)(=O)=O)O2)c2nc[nH]c(CCc3ccccc3)c1-2. The first-order valence-corrected chi connectivity index (χ1v) is 11.3. The van der Waals surface area contributed by atoms with Crippen LogP contribution in [0.3, 0.4) is 0 Å². The summed E-state index contributed by atoms with van der Waals surface area (Å²) in [5.41, 5.74) is 5.21. The molecule has 3 atom stereocenters. The number of nitrogens with two attached hydrogens (primary N) is 1. The Balaban J connectivity index is 1.57. The number of aliphatic hydroxyl groups is 1. The summed E-state index contributed by atoms with van der Waals surface area (Å²) in [6, 6.07) is 12.0. The first-order chi connectivity index (χ1) is 14.9. The van der Waals surface area contributed by atoms with Crippen molar-refractivity contribution in [3.05, 3.63) is 65.1 Å². The van der Waals surface area contributed by atoms with Gasteiger partial charge in [-0.15, -0.1) is 6.42 Å². The van der Waals surface area contributed by atoms with Crippen LogP contribution in [-0.2, 0) is 32.1 Å². The van der Waals surface area contributed by atoms with Crippen molar-refractivity contribution in [1.82, 2.24) is 9.97 Å². The van der Waals surface area contributed by atoms with Gasteiger partial charge < -0.3 is 14.8 Å². The van der Waals surface area contributed by atoms with Crippen LogP contribution in [0.5, 0.6) is 0 Å². The average molecular weight is 442 g/mol. The molecular formula is C22H23N3O5S. The third-order valence-electron chi connectivity index (χ3n) is 5.44. The van der Waals surface area contributed by atoms with Crippen molar-refractivity contribution in [3.63, 3.8) is 0 Å². The van der Waals surface area contributed by atoms with Crippen molar-refractivity contribution in [1.29, 1.82) is 0 Å². The van der Waals surface area contributed by atoms with E-state index in [1.807, 2.05) is 24.3 Å². The van der Waals surface area contributed by atoms with Crippen molar-refractivity contribution in [2.24, 2.45) is 5.14 Å². The molecule has 8 nitrogen and oxygen atoms in total. The predicted molar refractivity (Wildman–Crippen MR) is 114 cm³/mol. The molecule has 3 aliphatic rings. The summed E-state index contributed by atoms with van der Waals surface area (Å²) in [5.74, 6) is 2.72. The summed E-state index contributed by atoms with van der Waals surface area (Å²) in [4.78, 5) is 7.70. The number of aromatic nitrogens is 2. The first kappa shape index (κ1) is 21.5. The molecule has 0 unspecified atom stereocenters. The summed E-state index contributed by atoms with van der Waals surface area (Å²) in [6.45, 7) is -0.360. The summed E-state index contributed by atoms with van der Waals surface area (Å²) < 4.78 is 32.6. The number of terminal acetylenes is 1. The predicted octanol–water partition coefficient (Wildman–Crippen LogP) is 1.69. The highest BCUT2D eigenvalue weighted by atomic mass is 32.2. The van der Waals surface area contributed by atoms with Crippen LogP contribution in [0, 0.1) is 12.3 Å². The maximum Gasteiger partial charge on any atom is 0.333 e. The molecule has 0 spiro atoms. The second-order valence-corrected chi connectivity index (χ2v) is 8.71. The van der Waals surface area contributed by atoms with Crippen molar-refractivity contribution in [2.75, 3.05) is 6.61 Å². The van der Waals surface area contributed by atoms with E-state index in [1.165, 1.54) is 5.56 Å². The van der Waals surface area contributed by atoms with Crippen molar-refractivity contribution < 1.29 is 22.4 Å². The van der Waals surface area contributed by atoms with Gasteiger partial charge in [-0.25, -0.2) is 10.1 Å². The van der Waals surface area contributed by atoms with Gasteiger partial charge in [-0.3, -0.25) is 4.18 Å². The molecule has 1 aromatic rings. The number of fused-ring (bicyclic) bond motifs is 1. The highest BCUT2D eigenvalue weighted by Gasteiger charge is 2.38. The number of hydrogen-bond acceptors (Lipinski definition) is 6. The lowest BCUT2D eigenvalue weighted by Crippen LogP contribution is -2.29. The molecule has 0 amide bonds. The zero-order chi connectivity index (χ0) is 22.0. The summed E-state index contributed by atoms with van der Waals surface area (Å²) in [6.07, 6.45) is 7.03. The van der Waals surface area contributed by atoms with Crippen LogP contribution in [0.1, 0.15) is 34.9 Å². The van der Waals surface area contributed by atoms with Gasteiger partial charge in [0, 0.05) is 28.8 Å². The van der Waals surface area contributed by atoms with Crippen LogP contribution >= 0.6 is 0 Å². The Hall–Kier alpha value is -2.74. The van der Waals surface area contributed by atoms with Gasteiger partial charge >= 0.3 is 10.3 Å². The molecule has 2 aliphatic heterocycles. The van der Waals surface area contributed by atoms with Crippen molar-refractivity contribution in [3.8, 4) is 23.6 Å². The van der Waals surface area contributed by atoms with Crippen LogP contribution in [0.15, 0.2) is 42.7 Å². The summed E-state index contributed by atoms with van der Waals surface area (Å²) >= 11 is 0. The quantitative estimate of drug-likeness (QED) is 0.479. The molecule has 0 radical (unpaired) electrons. The van der Waals surface area contributed by atoms with Crippen molar-refractivity contribution in [2.45, 2.75) is 37.6 Å². The molecule has 0 aromatic heterocycles. The molecule has 1 saturated heterocycles. The number of benzene rings is 1. The smallest absolute Gasteiger partial charge is 0.333 e. The molecular weight excluding hydrogens is 418 g/mol. The second-order valence-electron chi connectivity index (χ2n) is 7.49. The maximum atomic E-state index is 11.0. The molecule has 31 heavy (non-hydrogen) atoms. The minimum atomic E-state index is -4.12. The summed E-state index contributed by atoms with van der Waals surface area (Å²) in [5, 5.41) is 15.2. The second kappa shape index (κ2) is 8.78. The number of aromatic amines is 1. The van der Waals surface area contributed by atoms with Crippen LogP contribution < -0.4 is 5.14 Å². The molecule has 9 heteroatoms. The Labute approximate surface area is 181 Å². The Morgan fingerprint density at radius 3 is 2.81 bits per heavy atom. The van der Waals surface area contributed by atoms with E-state index < -0.39 is 28.6 Å². The van der Waals surface area contributed by atoms with Gasteiger partial charge in [0.15, 0.2) is 0 Å². The van der Waals surface area contributed by atoms with Crippen molar-refractivity contribution >= 4 is 10.3 Å². The fourth-order valence-electron chi connectivity index (χ4n) is 3.97. The zero-order valence-electron chi connectivity index (χ0n) is 16.7. The van der Waals surface area contributed by atoms with Crippen LogP contribution in [-0.4, -0.2) is 42.3 Å². The normalized spacial score (nSPS) is 21.4. The molecule has 1 aromatic carbocycles. The van der Waals surface area contributed by atoms with Gasteiger partial charge in [0.1, 0.15) is 6.10 Å². The first-order valence-electron chi connectivity index (χ1n) is 9.86. The van der Waals surface area contributed by atoms with Gasteiger partial charge in [0.05, 0.1) is 30.8 Å². The number of aliphatic hydroxyl groups excluding tert-OH is 1. The Morgan fingerprint density at radius 2 is 2.10 bits per heavy atom. The lowest BCUT2D eigenvalue weighted by molar-refractivity contribution is -0.0151. The van der Waals surface area contributed by atoms with E-state index in [2.05, 4.69) is 32.2 Å². The molecule has 1 aliphatic carbocycles. The number of hydrogen-bond donors (Lipinski definition) is 3. The maximum absolute atomic E-state index is 11.0. The van der Waals surface area contributed by atoms with E-state index in [-0.39, 0.29) is 13.0 Å². The molecule has 2 heterocycles. The fourth-order valence-corrected chi connectivity index (χ4v) is 4.29. The lowest BCUT2D eigenvalue weighted by atomic mass is 10.0. The number of rotatable bonds is 7. The number of H-pyrrole nitrogens is 1. The largest absolute Gasteiger partial charge is 0.390 e. The van der Waals surface area contributed by atoms with E-state index in [4.69, 9.17) is 16.3 Å². The molecule has 4 N–H and O–H groups in total. The molecule has 0 bridgehead atoms. The fraction of sp³-hybridized carbons (Fsp3) is 0.318. The van der Waals surface area contributed by atoms with Gasteiger partial charge in [0.2, 0.25) is 0 Å². The standard InChI is InChI=1S/C22H23N3O5S/c1-2-15-10-16(19-11-18(26)20(30-19)12-29-31(23,27)28)22-21(15)17(24-13-25-22)9-8-14-6-4-3-5-7-14/h1,3-7,10,13,18-20,26H,8-9,11-12H2,(H,24,25)(H2,23,27,28)/t18-,19+,20+/m0/s1. The highest BCUT2D eigenvalue weighted by molar-refractivity contribution is 7.84. The lowest BCUT2D eigenvalue weighted by Gasteiger charge is -2.15. The monoisotopic (exact) mass is 441 g/mol. The third-order valence-corrected chi connectivity index (χ3v) is 5.91. The van der Waals surface area contributed by atoms with Gasteiger partial charge in [-0.2, -0.15) is 8.42 Å². The van der Waals surface area contributed by atoms with E-state index >= 15 is 0 Å². The van der Waals surface area contributed by atoms with Gasteiger partial charge in [-0.05, 0) is 24.5 Å². The number of nitrogens with one attached hydrogen (secondary N) is 1. The van der Waals surface area contributed by atoms with Crippen LogP contribution in [0.4, 0.5) is 0 Å². The molecule has 0 saturated carbocycles. The summed E-state index contributed by atoms with van der Waals surface area (Å²) in [7, 11) is -4.12. The number of nitrogens with zero attached hydrogens (tertiary/aromatic N) is 1. The van der Waals surface area contributed by atoms with E-state index in [0.717, 1.165) is 29.7 Å². The Morgan fingerprint density at radius 1 is 1.32 bits per heavy atom. The molecule has 162 valence electrons. The molecule has 1 fully saturated rings. The number of ether oxygens (including phenoxy) is 1. The van der Waals surface area contributed by atoms with Gasteiger partial charge in [-0.1, -0.05) is 36.3 Å². The molecule has 4 rings (SSSR count). The van der Waals surface area contributed by atoms with Crippen LogP contribution in [0.2, 0.25) is 0 Å². The topological polar surface area (TPSA) is 128 Å². The van der Waals surface area contributed by atoms with Gasteiger partial charge in [0.25, 0.3) is 0 Å². The van der Waals surface area contributed by atoms with E-state index in [9.17, 15) is 13.5 Å². The van der Waals surface area contributed by atoms with E-state index in [0.29, 0.717) is 11.3 Å². The highest BCUT2D eigenvalue weighted by Crippen LogP contribution is 2.42. The minimum absolute atomic E-state index is 0.265. The number of aryl methyl sites for hydroxylation is 2. The Bertz CT molecular complexity index is 1170. The Kier molecular flexibility index (Phi) is 6.09. The zero-order valence-corrected chi connectivity index (χ0v) is 17.5. The average Bonchev–Trinajstić information content (AvgIpc) is 3.31. The van der Waals surface area contributed by atoms with E-state index in [1.54, 1.807) is 6.33 Å².